The molecule has 4 heteroatoms. The Morgan fingerprint density at radius 2 is 2.20 bits per heavy atom. The van der Waals surface area contributed by atoms with Crippen molar-refractivity contribution in [3.05, 3.63) is 28.2 Å². The Hall–Kier alpha value is -0.580. The van der Waals surface area contributed by atoms with E-state index in [2.05, 4.69) is 70.3 Å². The van der Waals surface area contributed by atoms with Crippen LogP contribution in [-0.4, -0.2) is 45.2 Å². The Morgan fingerprint density at radius 1 is 1.45 bits per heavy atom. The molecule has 1 aromatic carbocycles. The molecule has 0 saturated carbocycles. The highest BCUT2D eigenvalue weighted by Crippen LogP contribution is 2.34. The van der Waals surface area contributed by atoms with Gasteiger partial charge < -0.3 is 15.1 Å². The van der Waals surface area contributed by atoms with Crippen LogP contribution in [0.2, 0.25) is 0 Å². The molecule has 1 aliphatic rings. The maximum atomic E-state index is 3.63. The number of nitrogens with one attached hydrogen (secondary N) is 1. The third kappa shape index (κ3) is 3.54. The summed E-state index contributed by atoms with van der Waals surface area (Å²) in [5.41, 5.74) is 2.77. The minimum Gasteiger partial charge on any atom is -0.367 e. The van der Waals surface area contributed by atoms with Crippen LogP contribution in [0.1, 0.15) is 31.4 Å². The zero-order valence-electron chi connectivity index (χ0n) is 13.0. The molecule has 112 valence electrons. The molecular formula is C16H26BrN3. The molecule has 1 saturated heterocycles. The molecule has 0 spiro atoms. The van der Waals surface area contributed by atoms with E-state index in [0.29, 0.717) is 12.1 Å². The van der Waals surface area contributed by atoms with Gasteiger partial charge in [0.25, 0.3) is 0 Å². The Morgan fingerprint density at radius 3 is 2.85 bits per heavy atom. The molecule has 20 heavy (non-hydrogen) atoms. The van der Waals surface area contributed by atoms with Crippen LogP contribution in [0.4, 0.5) is 5.69 Å². The SMILES string of the molecule is CNC(C)c1ccc(Br)cc1N1CCCC1CN(C)C. The van der Waals surface area contributed by atoms with Crippen LogP contribution in [0.3, 0.4) is 0 Å². The van der Waals surface area contributed by atoms with Crippen molar-refractivity contribution in [1.29, 1.82) is 0 Å². The molecule has 1 aromatic rings. The quantitative estimate of drug-likeness (QED) is 0.888. The zero-order chi connectivity index (χ0) is 14.7. The highest BCUT2D eigenvalue weighted by Gasteiger charge is 2.27. The second-order valence-corrected chi connectivity index (χ2v) is 6.88. The van der Waals surface area contributed by atoms with E-state index in [1.165, 1.54) is 30.6 Å². The van der Waals surface area contributed by atoms with Gasteiger partial charge in [0.1, 0.15) is 0 Å². The van der Waals surface area contributed by atoms with Gasteiger partial charge in [0, 0.05) is 35.3 Å². The van der Waals surface area contributed by atoms with E-state index in [-0.39, 0.29) is 0 Å². The normalized spacial score (nSPS) is 20.7. The van der Waals surface area contributed by atoms with Crippen molar-refractivity contribution in [2.24, 2.45) is 0 Å². The fourth-order valence-corrected chi connectivity index (χ4v) is 3.40. The second-order valence-electron chi connectivity index (χ2n) is 5.97. The molecule has 1 heterocycles. The Balaban J connectivity index is 2.32. The topological polar surface area (TPSA) is 18.5 Å². The number of nitrogens with zero attached hydrogens (tertiary/aromatic N) is 2. The van der Waals surface area contributed by atoms with Gasteiger partial charge in [-0.1, -0.05) is 22.0 Å². The molecule has 0 aromatic heterocycles. The minimum atomic E-state index is 0.374. The summed E-state index contributed by atoms with van der Waals surface area (Å²) in [5.74, 6) is 0. The summed E-state index contributed by atoms with van der Waals surface area (Å²) in [6, 6.07) is 7.66. The van der Waals surface area contributed by atoms with Crippen molar-refractivity contribution in [2.75, 3.05) is 39.1 Å². The van der Waals surface area contributed by atoms with E-state index < -0.39 is 0 Å². The van der Waals surface area contributed by atoms with Crippen molar-refractivity contribution >= 4 is 21.6 Å². The molecule has 2 atom stereocenters. The molecule has 0 bridgehead atoms. The second kappa shape index (κ2) is 6.92. The van der Waals surface area contributed by atoms with Crippen LogP contribution in [0.5, 0.6) is 0 Å². The summed E-state index contributed by atoms with van der Waals surface area (Å²) in [4.78, 5) is 4.88. The number of hydrogen-bond donors (Lipinski definition) is 1. The van der Waals surface area contributed by atoms with E-state index in [4.69, 9.17) is 0 Å². The zero-order valence-corrected chi connectivity index (χ0v) is 14.6. The van der Waals surface area contributed by atoms with Crippen molar-refractivity contribution in [2.45, 2.75) is 31.8 Å². The first-order valence-electron chi connectivity index (χ1n) is 7.41. The molecular weight excluding hydrogens is 314 g/mol. The molecule has 0 amide bonds. The van der Waals surface area contributed by atoms with Gasteiger partial charge in [-0.05, 0) is 58.6 Å². The lowest BCUT2D eigenvalue weighted by molar-refractivity contribution is 0.372. The molecule has 2 rings (SSSR count). The van der Waals surface area contributed by atoms with Crippen LogP contribution in [0.25, 0.3) is 0 Å². The highest BCUT2D eigenvalue weighted by atomic mass is 79.9. The van der Waals surface area contributed by atoms with Gasteiger partial charge in [0.05, 0.1) is 0 Å². The van der Waals surface area contributed by atoms with Crippen molar-refractivity contribution in [3.63, 3.8) is 0 Å². The maximum absolute atomic E-state index is 3.63. The lowest BCUT2D eigenvalue weighted by Gasteiger charge is -2.32. The van der Waals surface area contributed by atoms with E-state index in [9.17, 15) is 0 Å². The van der Waals surface area contributed by atoms with Crippen LogP contribution in [0.15, 0.2) is 22.7 Å². The van der Waals surface area contributed by atoms with Crippen molar-refractivity contribution in [1.82, 2.24) is 10.2 Å². The van der Waals surface area contributed by atoms with Gasteiger partial charge >= 0.3 is 0 Å². The van der Waals surface area contributed by atoms with Crippen molar-refractivity contribution in [3.8, 4) is 0 Å². The predicted octanol–water partition coefficient (Wildman–Crippen LogP) is 3.26. The first-order chi connectivity index (χ1) is 9.52. The average Bonchev–Trinajstić information content (AvgIpc) is 2.85. The summed E-state index contributed by atoms with van der Waals surface area (Å²) >= 11 is 3.63. The van der Waals surface area contributed by atoms with Crippen LogP contribution in [0, 0.1) is 0 Å². The number of anilines is 1. The third-order valence-corrected chi connectivity index (χ3v) is 4.65. The Labute approximate surface area is 131 Å². The third-order valence-electron chi connectivity index (χ3n) is 4.15. The lowest BCUT2D eigenvalue weighted by Crippen LogP contribution is -2.38. The molecule has 0 radical (unpaired) electrons. The summed E-state index contributed by atoms with van der Waals surface area (Å²) < 4.78 is 1.16. The summed E-state index contributed by atoms with van der Waals surface area (Å²) in [6.45, 7) is 4.52. The lowest BCUT2D eigenvalue weighted by atomic mass is 10.0. The first kappa shape index (κ1) is 15.8. The van der Waals surface area contributed by atoms with Crippen LogP contribution >= 0.6 is 15.9 Å². The maximum Gasteiger partial charge on any atom is 0.0428 e. The first-order valence-corrected chi connectivity index (χ1v) is 8.20. The van der Waals surface area contributed by atoms with Gasteiger partial charge in [-0.25, -0.2) is 0 Å². The Bertz CT molecular complexity index is 447. The standard InChI is InChI=1S/C16H26BrN3/c1-12(18-2)15-8-7-13(17)10-16(15)20-9-5-6-14(20)11-19(3)4/h7-8,10,12,14,18H,5-6,9,11H2,1-4H3. The van der Waals surface area contributed by atoms with Gasteiger partial charge in [-0.2, -0.15) is 0 Å². The molecule has 0 aliphatic carbocycles. The monoisotopic (exact) mass is 339 g/mol. The van der Waals surface area contributed by atoms with E-state index in [1.54, 1.807) is 0 Å². The molecule has 3 nitrogen and oxygen atoms in total. The van der Waals surface area contributed by atoms with Gasteiger partial charge in [0.15, 0.2) is 0 Å². The van der Waals surface area contributed by atoms with Crippen molar-refractivity contribution < 1.29 is 0 Å². The fourth-order valence-electron chi connectivity index (χ4n) is 3.05. The highest BCUT2D eigenvalue weighted by molar-refractivity contribution is 9.10. The van der Waals surface area contributed by atoms with Gasteiger partial charge in [-0.3, -0.25) is 0 Å². The number of rotatable bonds is 5. The molecule has 1 N–H and O–H groups in total. The van der Waals surface area contributed by atoms with E-state index >= 15 is 0 Å². The summed E-state index contributed by atoms with van der Waals surface area (Å²) in [6.07, 6.45) is 2.58. The minimum absolute atomic E-state index is 0.374. The summed E-state index contributed by atoms with van der Waals surface area (Å²) in [7, 11) is 6.35. The predicted molar refractivity (Wildman–Crippen MR) is 90.5 cm³/mol. The molecule has 2 unspecified atom stereocenters. The van der Waals surface area contributed by atoms with Crippen LogP contribution in [-0.2, 0) is 0 Å². The number of hydrogen-bond acceptors (Lipinski definition) is 3. The van der Waals surface area contributed by atoms with Gasteiger partial charge in [0.2, 0.25) is 0 Å². The van der Waals surface area contributed by atoms with E-state index in [1.807, 2.05) is 7.05 Å². The van der Waals surface area contributed by atoms with Gasteiger partial charge in [-0.15, -0.1) is 0 Å². The fraction of sp³-hybridized carbons (Fsp3) is 0.625. The van der Waals surface area contributed by atoms with Crippen LogP contribution < -0.4 is 10.2 Å². The Kier molecular flexibility index (Phi) is 5.47. The molecule has 1 aliphatic heterocycles. The summed E-state index contributed by atoms with van der Waals surface area (Å²) in [5, 5.41) is 3.37. The van der Waals surface area contributed by atoms with E-state index in [0.717, 1.165) is 11.0 Å². The number of likely N-dealkylation sites (N-methyl/N-ethyl adjacent to an activating group) is 1. The number of halogens is 1. The molecule has 1 fully saturated rings. The average molecular weight is 340 g/mol. The number of benzene rings is 1. The smallest absolute Gasteiger partial charge is 0.0428 e. The largest absolute Gasteiger partial charge is 0.367 e.